The Kier molecular flexibility index (Phi) is 8.87. The van der Waals surface area contributed by atoms with Gasteiger partial charge in [0.15, 0.2) is 40.7 Å². The Morgan fingerprint density at radius 2 is 1.34 bits per heavy atom. The van der Waals surface area contributed by atoms with Crippen LogP contribution in [0, 0.1) is 0 Å². The highest BCUT2D eigenvalue weighted by Gasteiger charge is 2.51. The number of fused-ring (bicyclic) bond motifs is 1. The van der Waals surface area contributed by atoms with Crippen molar-refractivity contribution in [3.8, 4) is 40.1 Å². The van der Waals surface area contributed by atoms with Gasteiger partial charge in [0, 0.05) is 17.7 Å². The molecule has 1 aromatic heterocycles. The number of aliphatic hydroxyl groups is 7. The second kappa shape index (κ2) is 12.3. The van der Waals surface area contributed by atoms with E-state index in [9.17, 15) is 61.0 Å². The lowest BCUT2D eigenvalue weighted by atomic mass is 9.97. The van der Waals surface area contributed by atoms with Crippen molar-refractivity contribution >= 4 is 11.0 Å². The number of phenols is 4. The predicted octanol–water partition coefficient (Wildman–Crippen LogP) is -2.71. The topological polar surface area (TPSA) is 290 Å². The number of aliphatic hydroxyl groups excluding tert-OH is 7. The van der Waals surface area contributed by atoms with Crippen LogP contribution in [0.4, 0.5) is 0 Å². The van der Waals surface area contributed by atoms with Gasteiger partial charge in [-0.1, -0.05) is 0 Å². The third-order valence-electron chi connectivity index (χ3n) is 7.39. The van der Waals surface area contributed by atoms with Crippen LogP contribution >= 0.6 is 0 Å². The molecule has 2 aliphatic rings. The van der Waals surface area contributed by atoms with Crippen LogP contribution in [0.5, 0.6) is 28.7 Å². The van der Waals surface area contributed by atoms with Crippen molar-refractivity contribution in [2.75, 3.05) is 13.2 Å². The van der Waals surface area contributed by atoms with Crippen LogP contribution in [-0.4, -0.2) is 131 Å². The average molecular weight is 627 g/mol. The number of aromatic hydroxyl groups is 4. The summed E-state index contributed by atoms with van der Waals surface area (Å²) < 4.78 is 27.7. The maximum absolute atomic E-state index is 12.9. The summed E-state index contributed by atoms with van der Waals surface area (Å²) in [7, 11) is 0. The second-order valence-corrected chi connectivity index (χ2v) is 10.2. The minimum atomic E-state index is -1.93. The maximum Gasteiger partial charge on any atom is 0.229 e. The highest BCUT2D eigenvalue weighted by Crippen LogP contribution is 2.42. The largest absolute Gasteiger partial charge is 0.507 e. The van der Waals surface area contributed by atoms with Crippen molar-refractivity contribution in [3.05, 3.63) is 40.6 Å². The Morgan fingerprint density at radius 3 is 1.98 bits per heavy atom. The van der Waals surface area contributed by atoms with E-state index in [1.54, 1.807) is 0 Å². The summed E-state index contributed by atoms with van der Waals surface area (Å²) >= 11 is 0. The molecule has 0 spiro atoms. The predicted molar refractivity (Wildman–Crippen MR) is 142 cm³/mol. The van der Waals surface area contributed by atoms with Crippen molar-refractivity contribution in [3.63, 3.8) is 0 Å². The van der Waals surface area contributed by atoms with Crippen molar-refractivity contribution in [2.24, 2.45) is 0 Å². The molecule has 17 heteroatoms. The molecule has 11 N–H and O–H groups in total. The molecule has 44 heavy (non-hydrogen) atoms. The molecular weight excluding hydrogens is 596 g/mol. The number of rotatable bonds is 7. The van der Waals surface area contributed by atoms with Gasteiger partial charge in [-0.05, 0) is 18.2 Å². The van der Waals surface area contributed by atoms with Crippen molar-refractivity contribution in [1.82, 2.24) is 0 Å². The summed E-state index contributed by atoms with van der Waals surface area (Å²) in [4.78, 5) is 12.9. The fourth-order valence-corrected chi connectivity index (χ4v) is 4.94. The fourth-order valence-electron chi connectivity index (χ4n) is 4.94. The highest BCUT2D eigenvalue weighted by atomic mass is 16.8. The molecule has 2 aliphatic heterocycles. The van der Waals surface area contributed by atoms with Crippen molar-refractivity contribution in [2.45, 2.75) is 61.4 Å². The molecule has 2 aromatic carbocycles. The molecule has 5 rings (SSSR count). The molecule has 0 amide bonds. The van der Waals surface area contributed by atoms with Crippen molar-refractivity contribution < 1.29 is 79.5 Å². The molecule has 240 valence electrons. The molecule has 2 saturated heterocycles. The van der Waals surface area contributed by atoms with Crippen LogP contribution in [0.2, 0.25) is 0 Å². The molecule has 0 saturated carbocycles. The fraction of sp³-hybridized carbons (Fsp3) is 0.444. The molecular formula is C27H30O17. The molecule has 3 heterocycles. The number of ether oxygens (including phenoxy) is 4. The third kappa shape index (κ3) is 5.61. The minimum Gasteiger partial charge on any atom is -0.507 e. The van der Waals surface area contributed by atoms with Gasteiger partial charge >= 0.3 is 0 Å². The normalized spacial score (nSPS) is 32.5. The summed E-state index contributed by atoms with van der Waals surface area (Å²) in [5, 5.41) is 112. The number of hydrogen-bond donors (Lipinski definition) is 11. The first-order valence-electron chi connectivity index (χ1n) is 13.2. The average Bonchev–Trinajstić information content (AvgIpc) is 3.00. The van der Waals surface area contributed by atoms with Gasteiger partial charge in [-0.3, -0.25) is 4.79 Å². The van der Waals surface area contributed by atoms with Gasteiger partial charge in [0.2, 0.25) is 12.0 Å². The van der Waals surface area contributed by atoms with Gasteiger partial charge in [-0.2, -0.15) is 0 Å². The van der Waals surface area contributed by atoms with E-state index in [0.717, 1.165) is 24.3 Å². The van der Waals surface area contributed by atoms with E-state index in [1.165, 1.54) is 6.07 Å². The summed E-state index contributed by atoms with van der Waals surface area (Å²) in [6.07, 6.45) is -17.6. The third-order valence-corrected chi connectivity index (χ3v) is 7.39. The molecule has 0 aliphatic carbocycles. The van der Waals surface area contributed by atoms with E-state index in [1.807, 2.05) is 0 Å². The Hall–Kier alpha value is -3.75. The number of benzene rings is 2. The van der Waals surface area contributed by atoms with Gasteiger partial charge in [0.05, 0.1) is 13.2 Å². The zero-order valence-electron chi connectivity index (χ0n) is 22.4. The van der Waals surface area contributed by atoms with Crippen LogP contribution in [0.25, 0.3) is 22.3 Å². The first kappa shape index (κ1) is 31.7. The lowest BCUT2D eigenvalue weighted by molar-refractivity contribution is -0.358. The van der Waals surface area contributed by atoms with E-state index in [-0.39, 0.29) is 11.3 Å². The Morgan fingerprint density at radius 1 is 0.705 bits per heavy atom. The molecule has 0 radical (unpaired) electrons. The van der Waals surface area contributed by atoms with Gasteiger partial charge in [-0.15, -0.1) is 0 Å². The Bertz CT molecular complexity index is 1560. The van der Waals surface area contributed by atoms with Crippen molar-refractivity contribution in [1.29, 1.82) is 0 Å². The summed E-state index contributed by atoms with van der Waals surface area (Å²) in [6.45, 7) is -1.64. The standard InChI is InChI=1S/C27H30O17/c28-6-15-18(34)21(37)23(39)26(42-15)44-25-22(38)19(35)16(7-29)43-27(25)41-14-5-12(33)17-11(32)4-13(40-24(17)20(14)36)8-1-2-9(30)10(31)3-8/h1-5,15-16,18-19,21-23,25-31,33-39H,6-7H2/t15-,16-,18-,19-,21-,22+,23-,25?,26+,27-/m1/s1. The number of phenolic OH excluding ortho intramolecular Hbond substituents is 4. The minimum absolute atomic E-state index is 0.107. The molecule has 17 nitrogen and oxygen atoms in total. The van der Waals surface area contributed by atoms with E-state index in [2.05, 4.69) is 0 Å². The Balaban J connectivity index is 1.52. The van der Waals surface area contributed by atoms with E-state index < -0.39 is 120 Å². The van der Waals surface area contributed by atoms with Crippen LogP contribution in [0.1, 0.15) is 0 Å². The van der Waals surface area contributed by atoms with Gasteiger partial charge < -0.3 is 79.5 Å². The Labute approximate surface area is 246 Å². The van der Waals surface area contributed by atoms with E-state index >= 15 is 0 Å². The second-order valence-electron chi connectivity index (χ2n) is 10.2. The van der Waals surface area contributed by atoms with Crippen LogP contribution in [0.3, 0.4) is 0 Å². The zero-order chi connectivity index (χ0) is 32.0. The molecule has 0 bridgehead atoms. The van der Waals surface area contributed by atoms with E-state index in [0.29, 0.717) is 0 Å². The van der Waals surface area contributed by atoms with Gasteiger partial charge in [0.25, 0.3) is 0 Å². The maximum atomic E-state index is 12.9. The molecule has 2 fully saturated rings. The highest BCUT2D eigenvalue weighted by molar-refractivity contribution is 5.91. The zero-order valence-corrected chi connectivity index (χ0v) is 22.4. The smallest absolute Gasteiger partial charge is 0.229 e. The number of hydrogen-bond acceptors (Lipinski definition) is 17. The van der Waals surface area contributed by atoms with Crippen LogP contribution < -0.4 is 10.2 Å². The SMILES string of the molecule is O=c1cc(-c2ccc(O)c(O)c2)oc2c(O)c(O[C@@H]3O[C@H](CO)[C@@H](O)[C@H](O)C3O[C@@H]3O[C@H](CO)[C@@H](O)[C@@H](O)[C@H]3O)cc(O)c12. The molecule has 10 atom stereocenters. The van der Waals surface area contributed by atoms with Gasteiger partial charge in [0.1, 0.15) is 59.6 Å². The van der Waals surface area contributed by atoms with Gasteiger partial charge in [-0.25, -0.2) is 0 Å². The monoisotopic (exact) mass is 626 g/mol. The lowest BCUT2D eigenvalue weighted by Crippen LogP contribution is -2.65. The van der Waals surface area contributed by atoms with Crippen LogP contribution in [-0.2, 0) is 14.2 Å². The molecule has 3 aromatic rings. The van der Waals surface area contributed by atoms with Crippen LogP contribution in [0.15, 0.2) is 39.5 Å². The summed E-state index contributed by atoms with van der Waals surface area (Å²) in [5.41, 5.74) is -1.29. The summed E-state index contributed by atoms with van der Waals surface area (Å²) in [5.74, 6) is -3.39. The lowest BCUT2D eigenvalue weighted by Gasteiger charge is -2.45. The first-order valence-corrected chi connectivity index (χ1v) is 13.2. The summed E-state index contributed by atoms with van der Waals surface area (Å²) in [6, 6.07) is 5.27. The first-order chi connectivity index (χ1) is 20.9. The quantitative estimate of drug-likeness (QED) is 0.0938. The van der Waals surface area contributed by atoms with E-state index in [4.69, 9.17) is 23.4 Å². The molecule has 1 unspecified atom stereocenters.